The lowest BCUT2D eigenvalue weighted by Gasteiger charge is -2.31. The fourth-order valence-corrected chi connectivity index (χ4v) is 3.57. The zero-order valence-electron chi connectivity index (χ0n) is 15.6. The van der Waals surface area contributed by atoms with Crippen molar-refractivity contribution in [3.8, 4) is 11.8 Å². The van der Waals surface area contributed by atoms with Gasteiger partial charge in [-0.15, -0.1) is 10.2 Å². The quantitative estimate of drug-likeness (QED) is 0.738. The van der Waals surface area contributed by atoms with Gasteiger partial charge >= 0.3 is 0 Å². The first-order chi connectivity index (χ1) is 13.7. The molecule has 0 spiro atoms. The molecule has 0 bridgehead atoms. The molecule has 1 aromatic heterocycles. The number of anilines is 2. The van der Waals surface area contributed by atoms with Crippen LogP contribution >= 0.6 is 0 Å². The summed E-state index contributed by atoms with van der Waals surface area (Å²) in [7, 11) is 0. The van der Waals surface area contributed by atoms with Gasteiger partial charge in [-0.3, -0.25) is 5.01 Å². The molecule has 7 nitrogen and oxygen atoms in total. The number of nitrogens with zero attached hydrogens (tertiary/aromatic N) is 6. The summed E-state index contributed by atoms with van der Waals surface area (Å²) in [4.78, 5) is 2.30. The maximum atomic E-state index is 9.58. The minimum Gasteiger partial charge on any atom is -0.508 e. The van der Waals surface area contributed by atoms with Crippen molar-refractivity contribution in [3.05, 3.63) is 66.2 Å². The number of hydrogen-bond acceptors (Lipinski definition) is 6. The third-order valence-corrected chi connectivity index (χ3v) is 5.05. The molecule has 1 aliphatic rings. The first-order valence-electron chi connectivity index (χ1n) is 9.44. The van der Waals surface area contributed by atoms with Crippen molar-refractivity contribution in [2.75, 3.05) is 23.0 Å². The van der Waals surface area contributed by atoms with Crippen LogP contribution in [0.15, 0.2) is 55.1 Å². The normalized spacial score (nSPS) is 13.9. The van der Waals surface area contributed by atoms with Gasteiger partial charge in [0, 0.05) is 13.1 Å². The molecule has 4 rings (SSSR count). The summed E-state index contributed by atoms with van der Waals surface area (Å²) in [5.41, 5.74) is 3.66. The fourth-order valence-electron chi connectivity index (χ4n) is 3.57. The molecule has 0 unspecified atom stereocenters. The molecule has 0 radical (unpaired) electrons. The molecule has 1 N–H and O–H groups in total. The van der Waals surface area contributed by atoms with E-state index < -0.39 is 0 Å². The Morgan fingerprint density at radius 1 is 1.00 bits per heavy atom. The Morgan fingerprint density at radius 2 is 1.71 bits per heavy atom. The number of hydrogen-bond donors (Lipinski definition) is 1. The molecular weight excluding hydrogens is 352 g/mol. The first kappa shape index (κ1) is 17.9. The zero-order valence-corrected chi connectivity index (χ0v) is 15.6. The van der Waals surface area contributed by atoms with Gasteiger partial charge in [0.1, 0.15) is 24.5 Å². The highest BCUT2D eigenvalue weighted by atomic mass is 16.3. The Hall–Kier alpha value is -3.53. The predicted octanol–water partition coefficient (Wildman–Crippen LogP) is 3.32. The van der Waals surface area contributed by atoms with E-state index in [-0.39, 0.29) is 5.75 Å². The van der Waals surface area contributed by atoms with E-state index in [1.165, 1.54) is 6.42 Å². The summed E-state index contributed by atoms with van der Waals surface area (Å²) >= 11 is 0. The van der Waals surface area contributed by atoms with Gasteiger partial charge in [-0.2, -0.15) is 5.26 Å². The second kappa shape index (κ2) is 8.01. The lowest BCUT2D eigenvalue weighted by atomic mass is 10.1. The second-order valence-electron chi connectivity index (χ2n) is 6.93. The Kier molecular flexibility index (Phi) is 5.11. The highest BCUT2D eigenvalue weighted by molar-refractivity contribution is 5.67. The maximum Gasteiger partial charge on any atom is 0.139 e. The van der Waals surface area contributed by atoms with E-state index in [9.17, 15) is 10.4 Å². The SMILES string of the molecule is N#Cc1ccc(N(Cc2ccc(O)cc2)n2cnnc2)cc1N1CCCCC1. The smallest absolute Gasteiger partial charge is 0.139 e. The number of aromatic hydroxyl groups is 1. The molecule has 28 heavy (non-hydrogen) atoms. The zero-order chi connectivity index (χ0) is 19.3. The summed E-state index contributed by atoms with van der Waals surface area (Å²) in [5.74, 6) is 0.241. The highest BCUT2D eigenvalue weighted by Gasteiger charge is 2.18. The Labute approximate surface area is 164 Å². The molecule has 0 aliphatic carbocycles. The van der Waals surface area contributed by atoms with Crippen LogP contribution in [0.4, 0.5) is 11.4 Å². The molecule has 0 saturated carbocycles. The van der Waals surface area contributed by atoms with E-state index in [0.29, 0.717) is 12.1 Å². The van der Waals surface area contributed by atoms with Gasteiger partial charge in [-0.05, 0) is 55.2 Å². The summed E-state index contributed by atoms with van der Waals surface area (Å²) in [6, 6.07) is 15.4. The molecule has 3 aromatic rings. The van der Waals surface area contributed by atoms with E-state index in [1.54, 1.807) is 24.8 Å². The minimum absolute atomic E-state index is 0.241. The largest absolute Gasteiger partial charge is 0.508 e. The third kappa shape index (κ3) is 3.76. The van der Waals surface area contributed by atoms with Crippen molar-refractivity contribution < 1.29 is 5.11 Å². The summed E-state index contributed by atoms with van der Waals surface area (Å²) < 4.78 is 1.83. The number of aromatic nitrogens is 3. The summed E-state index contributed by atoms with van der Waals surface area (Å²) in [6.07, 6.45) is 6.85. The Morgan fingerprint density at radius 3 is 2.39 bits per heavy atom. The number of nitriles is 1. The van der Waals surface area contributed by atoms with Gasteiger partial charge in [0.05, 0.1) is 23.5 Å². The van der Waals surface area contributed by atoms with E-state index in [0.717, 1.165) is 42.9 Å². The Bertz CT molecular complexity index is 956. The van der Waals surface area contributed by atoms with Gasteiger partial charge in [0.2, 0.25) is 0 Å². The van der Waals surface area contributed by atoms with Crippen molar-refractivity contribution in [1.82, 2.24) is 14.9 Å². The van der Waals surface area contributed by atoms with Gasteiger partial charge in [0.25, 0.3) is 0 Å². The second-order valence-corrected chi connectivity index (χ2v) is 6.93. The van der Waals surface area contributed by atoms with Crippen LogP contribution in [0.1, 0.15) is 30.4 Å². The van der Waals surface area contributed by atoms with Crippen LogP contribution in [-0.2, 0) is 6.54 Å². The molecule has 2 aromatic carbocycles. The lowest BCUT2D eigenvalue weighted by Crippen LogP contribution is -2.31. The number of phenolic OH excluding ortho intramolecular Hbond substituents is 1. The standard InChI is InChI=1S/C21H22N6O/c22-13-18-6-7-19(12-21(18)25-10-2-1-3-11-25)27(26-15-23-24-16-26)14-17-4-8-20(28)9-5-17/h4-9,12,15-16,28H,1-3,10-11,14H2. The Balaban J connectivity index is 1.71. The van der Waals surface area contributed by atoms with E-state index >= 15 is 0 Å². The van der Waals surface area contributed by atoms with E-state index in [4.69, 9.17) is 0 Å². The number of piperidine rings is 1. The van der Waals surface area contributed by atoms with Crippen LogP contribution in [0, 0.1) is 11.3 Å². The van der Waals surface area contributed by atoms with Crippen LogP contribution in [0.5, 0.6) is 5.75 Å². The first-order valence-corrected chi connectivity index (χ1v) is 9.44. The van der Waals surface area contributed by atoms with Crippen LogP contribution in [-0.4, -0.2) is 33.1 Å². The monoisotopic (exact) mass is 374 g/mol. The molecule has 0 amide bonds. The fraction of sp³-hybridized carbons (Fsp3) is 0.286. The van der Waals surface area contributed by atoms with Crippen molar-refractivity contribution in [2.45, 2.75) is 25.8 Å². The highest BCUT2D eigenvalue weighted by Crippen LogP contribution is 2.30. The predicted molar refractivity (Wildman–Crippen MR) is 107 cm³/mol. The molecular formula is C21H22N6O. The van der Waals surface area contributed by atoms with Crippen LogP contribution < -0.4 is 9.91 Å². The van der Waals surface area contributed by atoms with E-state index in [2.05, 4.69) is 27.2 Å². The average molecular weight is 374 g/mol. The van der Waals surface area contributed by atoms with Crippen molar-refractivity contribution in [2.24, 2.45) is 0 Å². The van der Waals surface area contributed by atoms with Crippen LogP contribution in [0.2, 0.25) is 0 Å². The number of rotatable bonds is 5. The molecule has 1 aliphatic heterocycles. The van der Waals surface area contributed by atoms with E-state index in [1.807, 2.05) is 34.0 Å². The minimum atomic E-state index is 0.241. The molecule has 0 atom stereocenters. The topological polar surface area (TPSA) is 81.2 Å². The molecule has 1 saturated heterocycles. The van der Waals surface area contributed by atoms with Gasteiger partial charge < -0.3 is 10.0 Å². The van der Waals surface area contributed by atoms with Gasteiger partial charge in [0.15, 0.2) is 0 Å². The van der Waals surface area contributed by atoms with Crippen LogP contribution in [0.3, 0.4) is 0 Å². The van der Waals surface area contributed by atoms with Gasteiger partial charge in [-0.25, -0.2) is 4.68 Å². The molecule has 7 heteroatoms. The summed E-state index contributed by atoms with van der Waals surface area (Å²) in [6.45, 7) is 2.52. The maximum absolute atomic E-state index is 9.58. The number of phenols is 1. The lowest BCUT2D eigenvalue weighted by molar-refractivity contribution is 0.475. The number of benzene rings is 2. The van der Waals surface area contributed by atoms with Crippen LogP contribution in [0.25, 0.3) is 0 Å². The molecule has 1 fully saturated rings. The van der Waals surface area contributed by atoms with Gasteiger partial charge in [-0.1, -0.05) is 12.1 Å². The van der Waals surface area contributed by atoms with Crippen molar-refractivity contribution in [3.63, 3.8) is 0 Å². The van der Waals surface area contributed by atoms with Crippen molar-refractivity contribution in [1.29, 1.82) is 5.26 Å². The molecule has 2 heterocycles. The average Bonchev–Trinajstić information content (AvgIpc) is 3.28. The van der Waals surface area contributed by atoms with Crippen molar-refractivity contribution >= 4 is 11.4 Å². The summed E-state index contributed by atoms with van der Waals surface area (Å²) in [5, 5.41) is 29.1. The third-order valence-electron chi connectivity index (χ3n) is 5.05. The molecule has 142 valence electrons.